The van der Waals surface area contributed by atoms with Gasteiger partial charge in [0.05, 0.1) is 41.9 Å². The lowest BCUT2D eigenvalue weighted by molar-refractivity contribution is -0.159. The van der Waals surface area contributed by atoms with Crippen LogP contribution in [0.25, 0.3) is 10.9 Å². The summed E-state index contributed by atoms with van der Waals surface area (Å²) in [5, 5.41) is 7.22. The van der Waals surface area contributed by atoms with Crippen LogP contribution in [0.2, 0.25) is 0 Å². The molecule has 1 aliphatic carbocycles. The maximum absolute atomic E-state index is 13.2. The Bertz CT molecular complexity index is 1320. The molecule has 0 bridgehead atoms. The van der Waals surface area contributed by atoms with Gasteiger partial charge in [-0.2, -0.15) is 18.3 Å². The molecule has 3 aromatic rings. The molecule has 3 N–H and O–H groups in total. The second kappa shape index (κ2) is 7.69. The van der Waals surface area contributed by atoms with E-state index in [0.29, 0.717) is 22.0 Å². The molecule has 2 aliphatic rings. The van der Waals surface area contributed by atoms with Gasteiger partial charge in [0.15, 0.2) is 0 Å². The normalized spacial score (nSPS) is 21.9. The lowest BCUT2D eigenvalue weighted by Gasteiger charge is -2.40. The number of aryl methyl sites for hydroxylation is 1. The van der Waals surface area contributed by atoms with Crippen LogP contribution in [-0.2, 0) is 34.0 Å². The van der Waals surface area contributed by atoms with E-state index in [1.807, 2.05) is 0 Å². The number of nitrogen functional groups attached to an aromatic ring is 1. The van der Waals surface area contributed by atoms with Crippen molar-refractivity contribution < 1.29 is 27.5 Å². The van der Waals surface area contributed by atoms with Gasteiger partial charge >= 0.3 is 18.0 Å². The van der Waals surface area contributed by atoms with Crippen LogP contribution in [0.15, 0.2) is 30.6 Å². The molecule has 12 heteroatoms. The van der Waals surface area contributed by atoms with Crippen LogP contribution in [0.5, 0.6) is 0 Å². The standard InChI is InChI=1S/C22H21F3N6O3/c1-10-9-31(17-13-4-3-12(22(23,24)25)5-11(13)6-16(17)34-10)21(33)20(32)29-15-8-27-19(26)18-14(15)7-28-30(18)2/h3-5,7-8,10,16-17H,6,9H2,1-2H3,(H2,26,27)(H,29,32)/t10-,16-,17+/m1/s1. The molecule has 34 heavy (non-hydrogen) atoms. The first-order chi connectivity index (χ1) is 16.0. The van der Waals surface area contributed by atoms with Crippen molar-refractivity contribution in [1.82, 2.24) is 19.7 Å². The number of nitrogens with two attached hydrogens (primary N) is 1. The number of ether oxygens (including phenoxy) is 1. The number of pyridine rings is 1. The number of benzene rings is 1. The van der Waals surface area contributed by atoms with Crippen LogP contribution < -0.4 is 11.1 Å². The number of halogens is 3. The monoisotopic (exact) mass is 474 g/mol. The van der Waals surface area contributed by atoms with E-state index in [2.05, 4.69) is 15.4 Å². The van der Waals surface area contributed by atoms with Crippen molar-refractivity contribution in [2.75, 3.05) is 17.6 Å². The molecule has 0 spiro atoms. The molecule has 0 radical (unpaired) electrons. The van der Waals surface area contributed by atoms with Crippen molar-refractivity contribution in [2.24, 2.45) is 7.05 Å². The van der Waals surface area contributed by atoms with Crippen molar-refractivity contribution in [3.8, 4) is 0 Å². The van der Waals surface area contributed by atoms with Crippen LogP contribution in [-0.4, -0.2) is 50.2 Å². The van der Waals surface area contributed by atoms with Crippen molar-refractivity contribution in [3.05, 3.63) is 47.3 Å². The van der Waals surface area contributed by atoms with Crippen molar-refractivity contribution >= 4 is 34.2 Å². The molecule has 178 valence electrons. The van der Waals surface area contributed by atoms with Crippen molar-refractivity contribution in [2.45, 2.75) is 37.8 Å². The smallest absolute Gasteiger partial charge is 0.382 e. The number of hydrogen-bond acceptors (Lipinski definition) is 6. The van der Waals surface area contributed by atoms with Gasteiger partial charge in [0.1, 0.15) is 11.3 Å². The molecule has 2 aromatic heterocycles. The molecule has 1 aliphatic heterocycles. The Labute approximate surface area is 191 Å². The van der Waals surface area contributed by atoms with Gasteiger partial charge < -0.3 is 20.7 Å². The molecule has 1 saturated heterocycles. The van der Waals surface area contributed by atoms with Gasteiger partial charge in [-0.3, -0.25) is 14.3 Å². The summed E-state index contributed by atoms with van der Waals surface area (Å²) in [5.74, 6) is -1.48. The summed E-state index contributed by atoms with van der Waals surface area (Å²) in [4.78, 5) is 31.6. The fourth-order valence-corrected chi connectivity index (χ4v) is 4.82. The summed E-state index contributed by atoms with van der Waals surface area (Å²) in [5.41, 5.74) is 6.92. The van der Waals surface area contributed by atoms with E-state index in [0.717, 1.165) is 12.1 Å². The minimum absolute atomic E-state index is 0.121. The lowest BCUT2D eigenvalue weighted by Crippen LogP contribution is -2.52. The maximum Gasteiger partial charge on any atom is 0.416 e. The molecule has 0 saturated carbocycles. The summed E-state index contributed by atoms with van der Waals surface area (Å²) >= 11 is 0. The van der Waals surface area contributed by atoms with Gasteiger partial charge in [-0.1, -0.05) is 6.07 Å². The summed E-state index contributed by atoms with van der Waals surface area (Å²) < 4.78 is 47.0. The topological polar surface area (TPSA) is 115 Å². The van der Waals surface area contributed by atoms with E-state index in [4.69, 9.17) is 10.5 Å². The Hall–Kier alpha value is -3.67. The van der Waals surface area contributed by atoms with Crippen molar-refractivity contribution in [1.29, 1.82) is 0 Å². The number of nitrogens with one attached hydrogen (secondary N) is 1. The average molecular weight is 474 g/mol. The van der Waals surface area contributed by atoms with Crippen molar-refractivity contribution in [3.63, 3.8) is 0 Å². The zero-order valence-electron chi connectivity index (χ0n) is 18.3. The highest BCUT2D eigenvalue weighted by molar-refractivity contribution is 6.40. The van der Waals surface area contributed by atoms with Crippen LogP contribution in [0, 0.1) is 0 Å². The Balaban J connectivity index is 1.44. The van der Waals surface area contributed by atoms with E-state index in [1.165, 1.54) is 28.0 Å². The zero-order chi connectivity index (χ0) is 24.4. The summed E-state index contributed by atoms with van der Waals surface area (Å²) in [6.07, 6.45) is -2.33. The van der Waals surface area contributed by atoms with Gasteiger partial charge in [-0.15, -0.1) is 0 Å². The third-order valence-corrected chi connectivity index (χ3v) is 6.27. The van der Waals surface area contributed by atoms with Crippen LogP contribution in [0.3, 0.4) is 0 Å². The predicted octanol–water partition coefficient (Wildman–Crippen LogP) is 2.42. The fraction of sp³-hybridized carbons (Fsp3) is 0.364. The zero-order valence-corrected chi connectivity index (χ0v) is 18.3. The second-order valence-corrected chi connectivity index (χ2v) is 8.54. The highest BCUT2D eigenvalue weighted by Crippen LogP contribution is 2.43. The number of fused-ring (bicyclic) bond motifs is 4. The van der Waals surface area contributed by atoms with Gasteiger partial charge in [0, 0.05) is 25.4 Å². The van der Waals surface area contributed by atoms with Gasteiger partial charge in [0.25, 0.3) is 0 Å². The predicted molar refractivity (Wildman–Crippen MR) is 115 cm³/mol. The van der Waals surface area contributed by atoms with E-state index >= 15 is 0 Å². The molecule has 1 fully saturated rings. The van der Waals surface area contributed by atoms with Crippen LogP contribution in [0.4, 0.5) is 24.7 Å². The molecule has 9 nitrogen and oxygen atoms in total. The maximum atomic E-state index is 13.2. The number of amides is 2. The van der Waals surface area contributed by atoms with Crippen LogP contribution >= 0.6 is 0 Å². The lowest BCUT2D eigenvalue weighted by atomic mass is 10.0. The number of hydrogen-bond donors (Lipinski definition) is 2. The number of nitrogens with zero attached hydrogens (tertiary/aromatic N) is 4. The van der Waals surface area contributed by atoms with E-state index in [1.54, 1.807) is 14.0 Å². The summed E-state index contributed by atoms with van der Waals surface area (Å²) in [7, 11) is 1.67. The average Bonchev–Trinajstić information content (AvgIpc) is 3.34. The minimum Gasteiger partial charge on any atom is -0.382 e. The van der Waals surface area contributed by atoms with Gasteiger partial charge in [0.2, 0.25) is 0 Å². The Kier molecular flexibility index (Phi) is 5.01. The number of morpholine rings is 1. The van der Waals surface area contributed by atoms with Crippen LogP contribution in [0.1, 0.15) is 29.7 Å². The van der Waals surface area contributed by atoms with E-state index in [9.17, 15) is 22.8 Å². The van der Waals surface area contributed by atoms with E-state index < -0.39 is 41.8 Å². The summed E-state index contributed by atoms with van der Waals surface area (Å²) in [6, 6.07) is 2.78. The molecule has 1 aromatic carbocycles. The largest absolute Gasteiger partial charge is 0.416 e. The number of alkyl halides is 3. The number of aromatic nitrogens is 3. The molecule has 2 amide bonds. The quantitative estimate of drug-likeness (QED) is 0.524. The molecule has 5 rings (SSSR count). The van der Waals surface area contributed by atoms with Gasteiger partial charge in [-0.05, 0) is 30.2 Å². The molecule has 3 heterocycles. The van der Waals surface area contributed by atoms with E-state index in [-0.39, 0.29) is 24.5 Å². The second-order valence-electron chi connectivity index (χ2n) is 8.54. The third-order valence-electron chi connectivity index (χ3n) is 6.27. The highest BCUT2D eigenvalue weighted by atomic mass is 19.4. The molecule has 0 unspecified atom stereocenters. The number of carbonyl (C=O) groups excluding carboxylic acids is 2. The first-order valence-electron chi connectivity index (χ1n) is 10.6. The SMILES string of the molecule is C[C@@H]1CN(C(=O)C(=O)Nc2cnc(N)c3c2cnn3C)[C@H]2c3ccc(C(F)(F)F)cc3C[C@H]2O1. The minimum atomic E-state index is -4.48. The fourth-order valence-electron chi connectivity index (χ4n) is 4.82. The Morgan fingerprint density at radius 2 is 2.03 bits per heavy atom. The molecular weight excluding hydrogens is 453 g/mol. The van der Waals surface area contributed by atoms with Gasteiger partial charge in [-0.25, -0.2) is 4.98 Å². The Morgan fingerprint density at radius 1 is 1.26 bits per heavy atom. The highest BCUT2D eigenvalue weighted by Gasteiger charge is 2.46. The summed E-state index contributed by atoms with van der Waals surface area (Å²) in [6.45, 7) is 1.87. The number of anilines is 2. The molecule has 3 atom stereocenters. The Morgan fingerprint density at radius 3 is 2.76 bits per heavy atom. The third kappa shape index (κ3) is 3.54. The number of rotatable bonds is 1. The first kappa shape index (κ1) is 22.1. The molecular formula is C22H21F3N6O3. The first-order valence-corrected chi connectivity index (χ1v) is 10.6. The number of carbonyl (C=O) groups is 2.